The minimum atomic E-state index is -0.738. The quantitative estimate of drug-likeness (QED) is 0.433. The van der Waals surface area contributed by atoms with E-state index in [4.69, 9.17) is 4.74 Å². The fourth-order valence-electron chi connectivity index (χ4n) is 6.52. The molecule has 1 aliphatic carbocycles. The van der Waals surface area contributed by atoms with Crippen LogP contribution in [0.2, 0.25) is 0 Å². The van der Waals surface area contributed by atoms with Crippen LogP contribution in [0.25, 0.3) is 16.6 Å². The number of nitrogens with zero attached hydrogens (tertiary/aromatic N) is 3. The van der Waals surface area contributed by atoms with E-state index in [1.54, 1.807) is 0 Å². The van der Waals surface area contributed by atoms with Gasteiger partial charge >= 0.3 is 5.97 Å². The molecule has 1 fully saturated rings. The Morgan fingerprint density at radius 1 is 1.11 bits per heavy atom. The Hall–Kier alpha value is -3.34. The summed E-state index contributed by atoms with van der Waals surface area (Å²) in [6.45, 7) is 1.11. The molecule has 7 nitrogen and oxygen atoms in total. The molecule has 4 atom stereocenters. The number of para-hydroxylation sites is 2. The van der Waals surface area contributed by atoms with Crippen LogP contribution in [-0.2, 0) is 29.0 Å². The standard InChI is InChI=1S/C29H33N3O4/c1-36-29(35)28-21-11-12-26-23(14-15-31(18-30)16-19(21)10-13-27(28)34)22-7-3-5-9-25(22)32(26)24-8-4-2-6-20(24)17-33/h2-9,19,21,27-28,33-34H,10-17H2,1H3/t19-,21?,27-,28+/m0/s1. The van der Waals surface area contributed by atoms with E-state index in [0.717, 1.165) is 47.1 Å². The van der Waals surface area contributed by atoms with Crippen LogP contribution in [0.1, 0.15) is 36.1 Å². The van der Waals surface area contributed by atoms with Gasteiger partial charge in [0.05, 0.1) is 36.9 Å². The third kappa shape index (κ3) is 4.25. The van der Waals surface area contributed by atoms with E-state index in [1.807, 2.05) is 41.3 Å². The van der Waals surface area contributed by atoms with Gasteiger partial charge in [-0.2, -0.15) is 5.26 Å². The zero-order valence-corrected chi connectivity index (χ0v) is 20.6. The van der Waals surface area contributed by atoms with E-state index in [0.29, 0.717) is 25.9 Å². The fraction of sp³-hybridized carbons (Fsp3) is 0.448. The Balaban J connectivity index is 1.68. The van der Waals surface area contributed by atoms with Crippen LogP contribution >= 0.6 is 0 Å². The number of aliphatic hydroxyl groups is 2. The number of benzene rings is 2. The van der Waals surface area contributed by atoms with Crippen molar-refractivity contribution in [1.29, 1.82) is 5.26 Å². The number of carbonyl (C=O) groups is 1. The summed E-state index contributed by atoms with van der Waals surface area (Å²) in [5.41, 5.74) is 5.19. The van der Waals surface area contributed by atoms with Crippen molar-refractivity contribution in [3.63, 3.8) is 0 Å². The summed E-state index contributed by atoms with van der Waals surface area (Å²) < 4.78 is 7.37. The number of fused-ring (bicyclic) bond motifs is 4. The highest BCUT2D eigenvalue weighted by molar-refractivity contribution is 5.87. The van der Waals surface area contributed by atoms with E-state index in [-0.39, 0.29) is 24.4 Å². The molecule has 2 aromatic carbocycles. The average molecular weight is 488 g/mol. The van der Waals surface area contributed by atoms with Gasteiger partial charge in [0.1, 0.15) is 0 Å². The number of aliphatic hydroxyl groups excluding tert-OH is 2. The second-order valence-corrected chi connectivity index (χ2v) is 10.0. The van der Waals surface area contributed by atoms with Crippen molar-refractivity contribution >= 4 is 16.9 Å². The Morgan fingerprint density at radius 3 is 2.67 bits per heavy atom. The third-order valence-electron chi connectivity index (χ3n) is 8.22. The lowest BCUT2D eigenvalue weighted by atomic mass is 9.68. The van der Waals surface area contributed by atoms with Crippen molar-refractivity contribution in [2.45, 2.75) is 44.8 Å². The first-order valence-electron chi connectivity index (χ1n) is 12.8. The molecule has 3 aromatic rings. The number of hydrogen-bond donors (Lipinski definition) is 2. The lowest BCUT2D eigenvalue weighted by Gasteiger charge is -2.41. The van der Waals surface area contributed by atoms with Crippen LogP contribution in [0, 0.1) is 29.2 Å². The van der Waals surface area contributed by atoms with Gasteiger partial charge in [0.25, 0.3) is 0 Å². The van der Waals surface area contributed by atoms with Gasteiger partial charge in [-0.25, -0.2) is 0 Å². The summed E-state index contributed by atoms with van der Waals surface area (Å²) in [5.74, 6) is -0.937. The monoisotopic (exact) mass is 487 g/mol. The van der Waals surface area contributed by atoms with Crippen LogP contribution in [0.5, 0.6) is 0 Å². The lowest BCUT2D eigenvalue weighted by molar-refractivity contribution is -0.157. The average Bonchev–Trinajstić information content (AvgIpc) is 3.23. The zero-order valence-electron chi connectivity index (χ0n) is 20.6. The molecule has 7 heteroatoms. The number of ether oxygens (including phenoxy) is 1. The normalized spacial score (nSPS) is 24.4. The molecule has 36 heavy (non-hydrogen) atoms. The van der Waals surface area contributed by atoms with Crippen LogP contribution in [0.4, 0.5) is 0 Å². The summed E-state index contributed by atoms with van der Waals surface area (Å²) in [4.78, 5) is 14.6. The Bertz CT molecular complexity index is 1290. The maximum atomic E-state index is 12.8. The van der Waals surface area contributed by atoms with Crippen molar-refractivity contribution < 1.29 is 19.7 Å². The topological polar surface area (TPSA) is 98.7 Å². The van der Waals surface area contributed by atoms with Crippen LogP contribution in [0.15, 0.2) is 48.5 Å². The fourth-order valence-corrected chi connectivity index (χ4v) is 6.52. The molecule has 2 N–H and O–H groups in total. The molecule has 1 saturated carbocycles. The van der Waals surface area contributed by atoms with E-state index < -0.39 is 12.0 Å². The zero-order chi connectivity index (χ0) is 25.2. The van der Waals surface area contributed by atoms with Crippen molar-refractivity contribution in [3.05, 3.63) is 65.4 Å². The molecule has 2 heterocycles. The van der Waals surface area contributed by atoms with Crippen LogP contribution in [0.3, 0.4) is 0 Å². The molecule has 0 bridgehead atoms. The SMILES string of the molecule is COC(=O)[C@@H]1C2CCc3c(c4ccccc4n3-c3ccccc3CO)CCN(C#N)C[C@@H]2CC[C@@H]1O. The summed E-state index contributed by atoms with van der Waals surface area (Å²) in [6, 6.07) is 16.2. The minimum absolute atomic E-state index is 0.0685. The molecule has 0 radical (unpaired) electrons. The Morgan fingerprint density at radius 2 is 1.89 bits per heavy atom. The van der Waals surface area contributed by atoms with Crippen molar-refractivity contribution in [1.82, 2.24) is 9.47 Å². The molecule has 1 aromatic heterocycles. The molecule has 1 unspecified atom stereocenters. The first-order chi connectivity index (χ1) is 17.6. The third-order valence-corrected chi connectivity index (χ3v) is 8.22. The first-order valence-corrected chi connectivity index (χ1v) is 12.8. The second kappa shape index (κ2) is 10.3. The Kier molecular flexibility index (Phi) is 6.99. The number of esters is 1. The molecule has 5 rings (SSSR count). The number of rotatable bonds is 3. The molecule has 0 amide bonds. The number of carbonyl (C=O) groups excluding carboxylic acids is 1. The summed E-state index contributed by atoms with van der Waals surface area (Å²) in [5, 5.41) is 32.0. The van der Waals surface area contributed by atoms with Crippen LogP contribution < -0.4 is 0 Å². The van der Waals surface area contributed by atoms with E-state index in [2.05, 4.69) is 22.9 Å². The highest BCUT2D eigenvalue weighted by Gasteiger charge is 2.44. The maximum Gasteiger partial charge on any atom is 0.311 e. The van der Waals surface area contributed by atoms with E-state index in [1.165, 1.54) is 12.7 Å². The van der Waals surface area contributed by atoms with Crippen molar-refractivity contribution in [2.24, 2.45) is 17.8 Å². The molecular weight excluding hydrogens is 454 g/mol. The van der Waals surface area contributed by atoms with E-state index >= 15 is 0 Å². The van der Waals surface area contributed by atoms with E-state index in [9.17, 15) is 20.3 Å². The van der Waals surface area contributed by atoms with Gasteiger partial charge in [-0.1, -0.05) is 36.4 Å². The first kappa shape index (κ1) is 24.4. The smallest absolute Gasteiger partial charge is 0.311 e. The molecule has 188 valence electrons. The maximum absolute atomic E-state index is 12.8. The van der Waals surface area contributed by atoms with Crippen molar-refractivity contribution in [3.8, 4) is 11.9 Å². The number of aromatic nitrogens is 1. The summed E-state index contributed by atoms with van der Waals surface area (Å²) >= 11 is 0. The highest BCUT2D eigenvalue weighted by Crippen LogP contribution is 2.41. The molecule has 2 aliphatic rings. The number of methoxy groups -OCH3 is 1. The van der Waals surface area contributed by atoms with Gasteiger partial charge in [0, 0.05) is 29.7 Å². The van der Waals surface area contributed by atoms with Gasteiger partial charge in [-0.05, 0) is 61.6 Å². The Labute approximate surface area is 211 Å². The van der Waals surface area contributed by atoms with Crippen LogP contribution in [-0.4, -0.2) is 52.0 Å². The molecule has 0 saturated heterocycles. The lowest BCUT2D eigenvalue weighted by Crippen LogP contribution is -2.46. The van der Waals surface area contributed by atoms with Gasteiger partial charge in [-0.15, -0.1) is 0 Å². The van der Waals surface area contributed by atoms with Gasteiger partial charge in [0.15, 0.2) is 6.19 Å². The van der Waals surface area contributed by atoms with Gasteiger partial charge in [0.2, 0.25) is 0 Å². The predicted molar refractivity (Wildman–Crippen MR) is 136 cm³/mol. The number of nitriles is 1. The molecule has 0 spiro atoms. The summed E-state index contributed by atoms with van der Waals surface area (Å²) in [7, 11) is 1.38. The van der Waals surface area contributed by atoms with Crippen molar-refractivity contribution in [2.75, 3.05) is 20.2 Å². The molecular formula is C29H33N3O4. The largest absolute Gasteiger partial charge is 0.469 e. The predicted octanol–water partition coefficient (Wildman–Crippen LogP) is 3.57. The minimum Gasteiger partial charge on any atom is -0.469 e. The molecule has 1 aliphatic heterocycles. The number of hydrogen-bond acceptors (Lipinski definition) is 6. The second-order valence-electron chi connectivity index (χ2n) is 10.0. The highest BCUT2D eigenvalue weighted by atomic mass is 16.5. The van der Waals surface area contributed by atoms with Gasteiger partial charge < -0.3 is 24.4 Å². The summed E-state index contributed by atoms with van der Waals surface area (Å²) in [6.07, 6.45) is 5.10. The van der Waals surface area contributed by atoms with Gasteiger partial charge in [-0.3, -0.25) is 4.79 Å².